The molecule has 4 nitrogen and oxygen atoms in total. The number of benzene rings is 3. The Morgan fingerprint density at radius 1 is 0.923 bits per heavy atom. The second-order valence-electron chi connectivity index (χ2n) is 6.45. The molecule has 130 valence electrons. The van der Waals surface area contributed by atoms with E-state index >= 15 is 0 Å². The Morgan fingerprint density at radius 2 is 1.65 bits per heavy atom. The SMILES string of the molecule is CN(C)c1ccc(OC(=O)c2cccc3c2Cc2ccccc2O3)cc1. The van der Waals surface area contributed by atoms with Crippen LogP contribution >= 0.6 is 0 Å². The lowest BCUT2D eigenvalue weighted by Crippen LogP contribution is -2.14. The maximum atomic E-state index is 12.7. The number of para-hydroxylation sites is 1. The molecule has 0 aromatic heterocycles. The molecule has 0 saturated carbocycles. The fourth-order valence-electron chi connectivity index (χ4n) is 3.07. The Balaban J connectivity index is 1.60. The van der Waals surface area contributed by atoms with E-state index in [4.69, 9.17) is 9.47 Å². The standard InChI is InChI=1S/C22H19NO3/c1-23(2)16-10-12-17(13-11-16)25-22(24)18-7-5-9-21-19(18)14-15-6-3-4-8-20(15)26-21/h3-13H,14H2,1-2H3. The largest absolute Gasteiger partial charge is 0.457 e. The number of carbonyl (C=O) groups is 1. The molecule has 1 heterocycles. The van der Waals surface area contributed by atoms with Crippen molar-refractivity contribution in [1.29, 1.82) is 0 Å². The van der Waals surface area contributed by atoms with Gasteiger partial charge in [0, 0.05) is 31.8 Å². The van der Waals surface area contributed by atoms with E-state index in [1.54, 1.807) is 18.2 Å². The number of nitrogens with zero attached hydrogens (tertiary/aromatic N) is 1. The van der Waals surface area contributed by atoms with Crippen LogP contribution in [0.25, 0.3) is 0 Å². The van der Waals surface area contributed by atoms with Crippen molar-refractivity contribution in [3.8, 4) is 17.2 Å². The first-order valence-electron chi connectivity index (χ1n) is 8.49. The first kappa shape index (κ1) is 16.2. The van der Waals surface area contributed by atoms with Gasteiger partial charge >= 0.3 is 5.97 Å². The quantitative estimate of drug-likeness (QED) is 0.400. The number of rotatable bonds is 3. The van der Waals surface area contributed by atoms with Gasteiger partial charge in [-0.25, -0.2) is 4.79 Å². The highest BCUT2D eigenvalue weighted by molar-refractivity contribution is 5.93. The molecule has 4 rings (SSSR count). The maximum absolute atomic E-state index is 12.7. The molecular formula is C22H19NO3. The maximum Gasteiger partial charge on any atom is 0.343 e. The highest BCUT2D eigenvalue weighted by atomic mass is 16.5. The number of hydrogen-bond donors (Lipinski definition) is 0. The molecule has 1 aliphatic rings. The predicted octanol–water partition coefficient (Wildman–Crippen LogP) is 4.67. The summed E-state index contributed by atoms with van der Waals surface area (Å²) < 4.78 is 11.5. The molecule has 26 heavy (non-hydrogen) atoms. The van der Waals surface area contributed by atoms with Crippen LogP contribution in [0.2, 0.25) is 0 Å². The van der Waals surface area contributed by atoms with Crippen molar-refractivity contribution in [2.75, 3.05) is 19.0 Å². The lowest BCUT2D eigenvalue weighted by atomic mass is 9.96. The van der Waals surface area contributed by atoms with Crippen molar-refractivity contribution in [3.05, 3.63) is 83.4 Å². The van der Waals surface area contributed by atoms with E-state index in [1.807, 2.05) is 67.5 Å². The Labute approximate surface area is 152 Å². The van der Waals surface area contributed by atoms with Gasteiger partial charge in [0.05, 0.1) is 5.56 Å². The van der Waals surface area contributed by atoms with Crippen molar-refractivity contribution in [2.24, 2.45) is 0 Å². The highest BCUT2D eigenvalue weighted by Gasteiger charge is 2.23. The summed E-state index contributed by atoms with van der Waals surface area (Å²) in [6.45, 7) is 0. The van der Waals surface area contributed by atoms with Gasteiger partial charge in [0.1, 0.15) is 17.2 Å². The number of hydrogen-bond acceptors (Lipinski definition) is 4. The highest BCUT2D eigenvalue weighted by Crippen LogP contribution is 2.38. The number of ether oxygens (including phenoxy) is 2. The molecule has 0 bridgehead atoms. The molecule has 0 radical (unpaired) electrons. The molecular weight excluding hydrogens is 326 g/mol. The van der Waals surface area contributed by atoms with E-state index in [-0.39, 0.29) is 5.97 Å². The molecule has 0 saturated heterocycles. The van der Waals surface area contributed by atoms with Crippen LogP contribution in [0.5, 0.6) is 17.2 Å². The Hall–Kier alpha value is -3.27. The third-order valence-corrected chi connectivity index (χ3v) is 4.48. The van der Waals surface area contributed by atoms with E-state index in [0.717, 1.165) is 22.6 Å². The summed E-state index contributed by atoms with van der Waals surface area (Å²) in [5.41, 5.74) is 3.51. The molecule has 0 amide bonds. The van der Waals surface area contributed by atoms with Gasteiger partial charge in [-0.15, -0.1) is 0 Å². The van der Waals surface area contributed by atoms with Gasteiger partial charge < -0.3 is 14.4 Å². The summed E-state index contributed by atoms with van der Waals surface area (Å²) in [6.07, 6.45) is 0.649. The van der Waals surface area contributed by atoms with Gasteiger partial charge in [-0.05, 0) is 48.0 Å². The number of anilines is 1. The zero-order chi connectivity index (χ0) is 18.1. The van der Waals surface area contributed by atoms with Crippen LogP contribution in [0.3, 0.4) is 0 Å². The van der Waals surface area contributed by atoms with E-state index in [9.17, 15) is 4.79 Å². The van der Waals surface area contributed by atoms with Crippen molar-refractivity contribution < 1.29 is 14.3 Å². The summed E-state index contributed by atoms with van der Waals surface area (Å²) in [5.74, 6) is 1.70. The first-order chi connectivity index (χ1) is 12.6. The van der Waals surface area contributed by atoms with E-state index in [1.165, 1.54) is 0 Å². The van der Waals surface area contributed by atoms with Crippen LogP contribution in [0.15, 0.2) is 66.7 Å². The predicted molar refractivity (Wildman–Crippen MR) is 101 cm³/mol. The second kappa shape index (κ2) is 6.56. The molecule has 1 aliphatic heterocycles. The fourth-order valence-corrected chi connectivity index (χ4v) is 3.07. The number of carbonyl (C=O) groups excluding carboxylic acids is 1. The Morgan fingerprint density at radius 3 is 2.42 bits per heavy atom. The topological polar surface area (TPSA) is 38.8 Å². The molecule has 0 aliphatic carbocycles. The summed E-state index contributed by atoms with van der Waals surface area (Å²) in [5, 5.41) is 0. The first-order valence-corrected chi connectivity index (χ1v) is 8.49. The van der Waals surface area contributed by atoms with E-state index in [0.29, 0.717) is 23.5 Å². The van der Waals surface area contributed by atoms with Crippen LogP contribution in [0.1, 0.15) is 21.5 Å². The zero-order valence-electron chi connectivity index (χ0n) is 14.7. The molecule has 3 aromatic rings. The summed E-state index contributed by atoms with van der Waals surface area (Å²) in [4.78, 5) is 14.7. The Kier molecular flexibility index (Phi) is 4.09. The lowest BCUT2D eigenvalue weighted by molar-refractivity contribution is 0.0733. The average Bonchev–Trinajstić information content (AvgIpc) is 2.66. The van der Waals surface area contributed by atoms with Crippen LogP contribution in [-0.2, 0) is 6.42 Å². The molecule has 0 N–H and O–H groups in total. The smallest absolute Gasteiger partial charge is 0.343 e. The number of esters is 1. The summed E-state index contributed by atoms with van der Waals surface area (Å²) in [7, 11) is 3.93. The van der Waals surface area contributed by atoms with E-state index in [2.05, 4.69) is 0 Å². The molecule has 0 atom stereocenters. The Bertz CT molecular complexity index is 961. The van der Waals surface area contributed by atoms with Crippen LogP contribution < -0.4 is 14.4 Å². The zero-order valence-corrected chi connectivity index (χ0v) is 14.7. The third kappa shape index (κ3) is 3.02. The number of fused-ring (bicyclic) bond motifs is 2. The van der Waals surface area contributed by atoms with Gasteiger partial charge in [-0.3, -0.25) is 0 Å². The van der Waals surface area contributed by atoms with E-state index < -0.39 is 0 Å². The molecule has 0 unspecified atom stereocenters. The van der Waals surface area contributed by atoms with Crippen molar-refractivity contribution in [3.63, 3.8) is 0 Å². The monoisotopic (exact) mass is 345 g/mol. The molecule has 0 fully saturated rings. The second-order valence-corrected chi connectivity index (χ2v) is 6.45. The van der Waals surface area contributed by atoms with Crippen LogP contribution in [0, 0.1) is 0 Å². The third-order valence-electron chi connectivity index (χ3n) is 4.48. The van der Waals surface area contributed by atoms with Crippen molar-refractivity contribution >= 4 is 11.7 Å². The van der Waals surface area contributed by atoms with Gasteiger partial charge in [0.2, 0.25) is 0 Å². The van der Waals surface area contributed by atoms with Gasteiger partial charge in [-0.2, -0.15) is 0 Å². The molecule has 4 heteroatoms. The van der Waals surface area contributed by atoms with Crippen molar-refractivity contribution in [2.45, 2.75) is 6.42 Å². The minimum atomic E-state index is -0.373. The lowest BCUT2D eigenvalue weighted by Gasteiger charge is -2.22. The minimum absolute atomic E-state index is 0.373. The fraction of sp³-hybridized carbons (Fsp3) is 0.136. The summed E-state index contributed by atoms with van der Waals surface area (Å²) >= 11 is 0. The van der Waals surface area contributed by atoms with Crippen LogP contribution in [-0.4, -0.2) is 20.1 Å². The molecule has 3 aromatic carbocycles. The van der Waals surface area contributed by atoms with Gasteiger partial charge in [0.25, 0.3) is 0 Å². The normalized spacial score (nSPS) is 11.8. The molecule has 0 spiro atoms. The van der Waals surface area contributed by atoms with Gasteiger partial charge in [-0.1, -0.05) is 24.3 Å². The van der Waals surface area contributed by atoms with Gasteiger partial charge in [0.15, 0.2) is 0 Å². The van der Waals surface area contributed by atoms with Crippen molar-refractivity contribution in [1.82, 2.24) is 0 Å². The average molecular weight is 345 g/mol. The summed E-state index contributed by atoms with van der Waals surface area (Å²) in [6, 6.07) is 20.8. The van der Waals surface area contributed by atoms with Crippen LogP contribution in [0.4, 0.5) is 5.69 Å². The minimum Gasteiger partial charge on any atom is -0.457 e.